The van der Waals surface area contributed by atoms with Crippen molar-refractivity contribution in [3.05, 3.63) is 35.4 Å². The van der Waals surface area contributed by atoms with Gasteiger partial charge < -0.3 is 11.1 Å². The van der Waals surface area contributed by atoms with E-state index in [1.165, 1.54) is 11.1 Å². The molecule has 0 saturated heterocycles. The summed E-state index contributed by atoms with van der Waals surface area (Å²) in [5, 5.41) is 3.09. The first kappa shape index (κ1) is 13.1. The highest BCUT2D eigenvalue weighted by Crippen LogP contribution is 2.35. The van der Waals surface area contributed by atoms with Crippen molar-refractivity contribution in [2.45, 2.75) is 39.2 Å². The molecule has 0 saturated carbocycles. The maximum absolute atomic E-state index is 12.2. The molecule has 2 unspecified atom stereocenters. The zero-order valence-corrected chi connectivity index (χ0v) is 11.4. The van der Waals surface area contributed by atoms with E-state index < -0.39 is 0 Å². The molecule has 3 N–H and O–H groups in total. The van der Waals surface area contributed by atoms with Gasteiger partial charge in [0.05, 0.1) is 5.92 Å². The molecule has 1 aliphatic rings. The lowest BCUT2D eigenvalue weighted by atomic mass is 9.76. The molecule has 0 bridgehead atoms. The van der Waals surface area contributed by atoms with Crippen LogP contribution >= 0.6 is 0 Å². The van der Waals surface area contributed by atoms with Crippen LogP contribution in [0.5, 0.6) is 0 Å². The molecule has 0 aliphatic heterocycles. The predicted octanol–water partition coefficient (Wildman–Crippen LogP) is 1.82. The molecule has 3 nitrogen and oxygen atoms in total. The summed E-state index contributed by atoms with van der Waals surface area (Å²) in [5.41, 5.74) is 8.20. The van der Waals surface area contributed by atoms with Gasteiger partial charge in [-0.2, -0.15) is 0 Å². The van der Waals surface area contributed by atoms with Gasteiger partial charge in [-0.25, -0.2) is 0 Å². The van der Waals surface area contributed by atoms with Gasteiger partial charge in [0, 0.05) is 12.6 Å². The Balaban J connectivity index is 2.03. The summed E-state index contributed by atoms with van der Waals surface area (Å²) in [6.07, 6.45) is 0.851. The van der Waals surface area contributed by atoms with Crippen molar-refractivity contribution in [2.75, 3.05) is 6.54 Å². The number of fused-ring (bicyclic) bond motifs is 1. The summed E-state index contributed by atoms with van der Waals surface area (Å²) in [6.45, 7) is 6.77. The van der Waals surface area contributed by atoms with E-state index >= 15 is 0 Å². The van der Waals surface area contributed by atoms with Gasteiger partial charge in [-0.05, 0) is 23.0 Å². The van der Waals surface area contributed by atoms with E-state index in [1.807, 2.05) is 18.2 Å². The Kier molecular flexibility index (Phi) is 3.44. The number of hydrogen-bond acceptors (Lipinski definition) is 2. The molecule has 3 heteroatoms. The summed E-state index contributed by atoms with van der Waals surface area (Å²) in [6, 6.07) is 8.16. The highest BCUT2D eigenvalue weighted by molar-refractivity contribution is 5.87. The standard InChI is InChI=1S/C15H22N2O/c1-15(2,3)13(9-16)17-14(18)12-8-10-6-4-5-7-11(10)12/h4-7,12-13H,8-9,16H2,1-3H3,(H,17,18). The SMILES string of the molecule is CC(C)(C)C(CN)NC(=O)C1Cc2ccccc21. The van der Waals surface area contributed by atoms with Gasteiger partial charge in [-0.15, -0.1) is 0 Å². The van der Waals surface area contributed by atoms with E-state index in [0.29, 0.717) is 6.54 Å². The van der Waals surface area contributed by atoms with Crippen LogP contribution in [0.15, 0.2) is 24.3 Å². The van der Waals surface area contributed by atoms with Gasteiger partial charge in [0.1, 0.15) is 0 Å². The molecule has 2 rings (SSSR count). The minimum Gasteiger partial charge on any atom is -0.351 e. The van der Waals surface area contributed by atoms with Gasteiger partial charge in [0.2, 0.25) is 5.91 Å². The van der Waals surface area contributed by atoms with Crippen molar-refractivity contribution in [3.63, 3.8) is 0 Å². The fourth-order valence-electron chi connectivity index (χ4n) is 2.39. The minimum absolute atomic E-state index is 0.00627. The molecule has 0 aromatic heterocycles. The van der Waals surface area contributed by atoms with Crippen molar-refractivity contribution in [1.29, 1.82) is 0 Å². The van der Waals surface area contributed by atoms with Crippen LogP contribution in [0.4, 0.5) is 0 Å². The molecule has 0 heterocycles. The third-order valence-electron chi connectivity index (χ3n) is 3.77. The number of nitrogens with one attached hydrogen (secondary N) is 1. The number of carbonyl (C=O) groups excluding carboxylic acids is 1. The van der Waals surface area contributed by atoms with E-state index in [9.17, 15) is 4.79 Å². The summed E-state index contributed by atoms with van der Waals surface area (Å²) in [4.78, 5) is 12.2. The third-order valence-corrected chi connectivity index (χ3v) is 3.77. The lowest BCUT2D eigenvalue weighted by molar-refractivity contribution is -0.124. The normalized spacial score (nSPS) is 19.7. The summed E-state index contributed by atoms with van der Waals surface area (Å²) < 4.78 is 0. The monoisotopic (exact) mass is 246 g/mol. The quantitative estimate of drug-likeness (QED) is 0.854. The second-order valence-corrected chi connectivity index (χ2v) is 6.12. The van der Waals surface area contributed by atoms with Crippen LogP contribution < -0.4 is 11.1 Å². The Morgan fingerprint density at radius 2 is 2.11 bits per heavy atom. The molecular formula is C15H22N2O. The number of carbonyl (C=O) groups is 1. The number of rotatable bonds is 3. The van der Waals surface area contributed by atoms with Crippen LogP contribution in [-0.2, 0) is 11.2 Å². The largest absolute Gasteiger partial charge is 0.351 e. The molecule has 0 fully saturated rings. The van der Waals surface area contributed by atoms with E-state index in [1.54, 1.807) is 0 Å². The van der Waals surface area contributed by atoms with Gasteiger partial charge in [0.25, 0.3) is 0 Å². The molecular weight excluding hydrogens is 224 g/mol. The Morgan fingerprint density at radius 1 is 1.44 bits per heavy atom. The van der Waals surface area contributed by atoms with E-state index in [4.69, 9.17) is 5.73 Å². The van der Waals surface area contributed by atoms with Crippen LogP contribution in [0.25, 0.3) is 0 Å². The average Bonchev–Trinajstić information content (AvgIpc) is 2.26. The zero-order chi connectivity index (χ0) is 13.3. The van der Waals surface area contributed by atoms with Crippen molar-refractivity contribution in [3.8, 4) is 0 Å². The fraction of sp³-hybridized carbons (Fsp3) is 0.533. The summed E-state index contributed by atoms with van der Waals surface area (Å²) in [5.74, 6) is 0.122. The minimum atomic E-state index is -0.00627. The second kappa shape index (κ2) is 4.73. The van der Waals surface area contributed by atoms with Gasteiger partial charge >= 0.3 is 0 Å². The van der Waals surface area contributed by atoms with E-state index in [-0.39, 0.29) is 23.3 Å². The van der Waals surface area contributed by atoms with Gasteiger partial charge in [-0.3, -0.25) is 4.79 Å². The van der Waals surface area contributed by atoms with Crippen LogP contribution in [0, 0.1) is 5.41 Å². The van der Waals surface area contributed by atoms with Crippen LogP contribution in [0.3, 0.4) is 0 Å². The molecule has 1 amide bonds. The smallest absolute Gasteiger partial charge is 0.228 e. The Morgan fingerprint density at radius 3 is 2.67 bits per heavy atom. The summed E-state index contributed by atoms with van der Waals surface area (Å²) in [7, 11) is 0. The second-order valence-electron chi connectivity index (χ2n) is 6.12. The maximum Gasteiger partial charge on any atom is 0.228 e. The number of amides is 1. The Hall–Kier alpha value is -1.35. The topological polar surface area (TPSA) is 55.1 Å². The van der Waals surface area contributed by atoms with Crippen LogP contribution in [0.1, 0.15) is 37.8 Å². The van der Waals surface area contributed by atoms with Crippen molar-refractivity contribution < 1.29 is 4.79 Å². The van der Waals surface area contributed by atoms with E-state index in [0.717, 1.165) is 6.42 Å². The van der Waals surface area contributed by atoms with E-state index in [2.05, 4.69) is 32.2 Å². The molecule has 18 heavy (non-hydrogen) atoms. The first-order valence-electron chi connectivity index (χ1n) is 6.51. The average molecular weight is 246 g/mol. The highest BCUT2D eigenvalue weighted by Gasteiger charge is 2.34. The molecule has 0 spiro atoms. The molecule has 0 radical (unpaired) electrons. The third kappa shape index (κ3) is 2.41. The lowest BCUT2D eigenvalue weighted by Crippen LogP contribution is -2.50. The molecule has 98 valence electrons. The Bertz CT molecular complexity index is 448. The first-order valence-corrected chi connectivity index (χ1v) is 6.51. The number of benzene rings is 1. The first-order chi connectivity index (χ1) is 8.43. The van der Waals surface area contributed by atoms with Gasteiger partial charge in [0.15, 0.2) is 0 Å². The fourth-order valence-corrected chi connectivity index (χ4v) is 2.39. The van der Waals surface area contributed by atoms with Crippen molar-refractivity contribution >= 4 is 5.91 Å². The predicted molar refractivity (Wildman–Crippen MR) is 73.3 cm³/mol. The molecule has 1 aliphatic carbocycles. The molecule has 1 aromatic carbocycles. The Labute approximate surface area is 109 Å². The number of hydrogen-bond donors (Lipinski definition) is 2. The van der Waals surface area contributed by atoms with Crippen LogP contribution in [-0.4, -0.2) is 18.5 Å². The van der Waals surface area contributed by atoms with Gasteiger partial charge in [-0.1, -0.05) is 45.0 Å². The maximum atomic E-state index is 12.2. The lowest BCUT2D eigenvalue weighted by Gasteiger charge is -2.35. The molecule has 2 atom stereocenters. The number of nitrogens with two attached hydrogens (primary N) is 1. The van der Waals surface area contributed by atoms with Crippen molar-refractivity contribution in [1.82, 2.24) is 5.32 Å². The summed E-state index contributed by atoms with van der Waals surface area (Å²) >= 11 is 0. The van der Waals surface area contributed by atoms with Crippen LogP contribution in [0.2, 0.25) is 0 Å². The molecule has 1 aromatic rings. The van der Waals surface area contributed by atoms with Crippen molar-refractivity contribution in [2.24, 2.45) is 11.1 Å². The highest BCUT2D eigenvalue weighted by atomic mass is 16.2. The zero-order valence-electron chi connectivity index (χ0n) is 11.4.